The Balaban J connectivity index is 2.24. The largest absolute Gasteiger partial charge is 0.406 e. The van der Waals surface area contributed by atoms with Crippen LogP contribution in [-0.4, -0.2) is 33.7 Å². The standard InChI is InChI=1S/C14H14F3N3O/c1-10-12(7-18-19-10)13(21)20(9-14(15,16)17)8-11-5-3-2-4-6-11/h2-7H,8-9H2,1H3,(H,18,19). The quantitative estimate of drug-likeness (QED) is 0.943. The van der Waals surface area contributed by atoms with E-state index >= 15 is 0 Å². The molecule has 1 amide bonds. The lowest BCUT2D eigenvalue weighted by atomic mass is 10.1. The van der Waals surface area contributed by atoms with Gasteiger partial charge in [0.15, 0.2) is 0 Å². The highest BCUT2D eigenvalue weighted by molar-refractivity contribution is 5.95. The van der Waals surface area contributed by atoms with Gasteiger partial charge in [0.05, 0.1) is 11.8 Å². The van der Waals surface area contributed by atoms with Crippen LogP contribution in [0.3, 0.4) is 0 Å². The molecule has 1 aromatic carbocycles. The maximum absolute atomic E-state index is 12.7. The second-order valence-electron chi connectivity index (χ2n) is 4.67. The Morgan fingerprint density at radius 1 is 1.29 bits per heavy atom. The fraction of sp³-hybridized carbons (Fsp3) is 0.286. The average molecular weight is 297 g/mol. The van der Waals surface area contributed by atoms with Gasteiger partial charge < -0.3 is 4.90 Å². The summed E-state index contributed by atoms with van der Waals surface area (Å²) in [4.78, 5) is 13.0. The number of hydrogen-bond acceptors (Lipinski definition) is 2. The first-order valence-electron chi connectivity index (χ1n) is 6.27. The molecule has 0 aliphatic carbocycles. The number of aromatic nitrogens is 2. The normalized spacial score (nSPS) is 11.4. The Labute approximate surface area is 119 Å². The van der Waals surface area contributed by atoms with Crippen molar-refractivity contribution in [2.75, 3.05) is 6.54 Å². The van der Waals surface area contributed by atoms with Gasteiger partial charge in [-0.25, -0.2) is 0 Å². The number of amides is 1. The summed E-state index contributed by atoms with van der Waals surface area (Å²) in [6.45, 7) is 0.184. The first kappa shape index (κ1) is 15.1. The molecule has 0 atom stereocenters. The first-order chi connectivity index (χ1) is 9.87. The van der Waals surface area contributed by atoms with Crippen LogP contribution in [0.25, 0.3) is 0 Å². The summed E-state index contributed by atoms with van der Waals surface area (Å²) < 4.78 is 38.1. The highest BCUT2D eigenvalue weighted by Gasteiger charge is 2.34. The SMILES string of the molecule is Cc1[nH]ncc1C(=O)N(Cc1ccccc1)CC(F)(F)F. The maximum atomic E-state index is 12.7. The van der Waals surface area contributed by atoms with Crippen molar-refractivity contribution in [2.45, 2.75) is 19.6 Å². The van der Waals surface area contributed by atoms with Gasteiger partial charge in [-0.05, 0) is 12.5 Å². The highest BCUT2D eigenvalue weighted by Crippen LogP contribution is 2.20. The van der Waals surface area contributed by atoms with Crippen molar-refractivity contribution in [3.05, 3.63) is 53.3 Å². The molecule has 7 heteroatoms. The molecule has 2 rings (SSSR count). The summed E-state index contributed by atoms with van der Waals surface area (Å²) >= 11 is 0. The number of nitrogens with zero attached hydrogens (tertiary/aromatic N) is 2. The minimum atomic E-state index is -4.46. The third-order valence-electron chi connectivity index (χ3n) is 2.93. The van der Waals surface area contributed by atoms with Crippen molar-refractivity contribution in [2.24, 2.45) is 0 Å². The Morgan fingerprint density at radius 3 is 2.48 bits per heavy atom. The molecule has 0 aliphatic heterocycles. The van der Waals surface area contributed by atoms with Gasteiger partial charge in [0, 0.05) is 12.2 Å². The molecule has 2 aromatic rings. The lowest BCUT2D eigenvalue weighted by molar-refractivity contribution is -0.141. The molecule has 1 aromatic heterocycles. The number of halogens is 3. The van der Waals surface area contributed by atoms with Crippen LogP contribution in [0.1, 0.15) is 21.6 Å². The van der Waals surface area contributed by atoms with Crippen LogP contribution >= 0.6 is 0 Å². The van der Waals surface area contributed by atoms with E-state index in [0.717, 1.165) is 4.90 Å². The Kier molecular flexibility index (Phi) is 4.30. The average Bonchev–Trinajstić information content (AvgIpc) is 2.83. The number of hydrogen-bond donors (Lipinski definition) is 1. The van der Waals surface area contributed by atoms with E-state index in [4.69, 9.17) is 0 Å². The maximum Gasteiger partial charge on any atom is 0.406 e. The first-order valence-corrected chi connectivity index (χ1v) is 6.27. The molecule has 0 saturated carbocycles. The number of aromatic amines is 1. The third kappa shape index (κ3) is 4.08. The molecule has 1 heterocycles. The number of benzene rings is 1. The fourth-order valence-corrected chi connectivity index (χ4v) is 1.96. The summed E-state index contributed by atoms with van der Waals surface area (Å²) in [6.07, 6.45) is -3.21. The molecule has 4 nitrogen and oxygen atoms in total. The van der Waals surface area contributed by atoms with Gasteiger partial charge in [-0.3, -0.25) is 9.89 Å². The summed E-state index contributed by atoms with van der Waals surface area (Å²) in [5, 5.41) is 6.23. The van der Waals surface area contributed by atoms with Crippen molar-refractivity contribution in [1.82, 2.24) is 15.1 Å². The molecule has 0 spiro atoms. The zero-order chi connectivity index (χ0) is 15.5. The van der Waals surface area contributed by atoms with Crippen LogP contribution < -0.4 is 0 Å². The van der Waals surface area contributed by atoms with Crippen LogP contribution in [0.15, 0.2) is 36.5 Å². The van der Waals surface area contributed by atoms with Crippen molar-refractivity contribution in [3.63, 3.8) is 0 Å². The number of carbonyl (C=O) groups excluding carboxylic acids is 1. The monoisotopic (exact) mass is 297 g/mol. The van der Waals surface area contributed by atoms with Crippen LogP contribution in [0.2, 0.25) is 0 Å². The molecular formula is C14H14F3N3O. The number of rotatable bonds is 4. The van der Waals surface area contributed by atoms with Crippen molar-refractivity contribution >= 4 is 5.91 Å². The van der Waals surface area contributed by atoms with Crippen molar-refractivity contribution in [3.8, 4) is 0 Å². The van der Waals surface area contributed by atoms with E-state index < -0.39 is 18.6 Å². The lowest BCUT2D eigenvalue weighted by Crippen LogP contribution is -2.38. The molecule has 21 heavy (non-hydrogen) atoms. The van der Waals surface area contributed by atoms with E-state index in [9.17, 15) is 18.0 Å². The predicted molar refractivity (Wildman–Crippen MR) is 70.6 cm³/mol. The molecule has 1 N–H and O–H groups in total. The number of alkyl halides is 3. The van der Waals surface area contributed by atoms with Gasteiger partial charge in [0.1, 0.15) is 6.54 Å². The van der Waals surface area contributed by atoms with Gasteiger partial charge in [-0.1, -0.05) is 30.3 Å². The van der Waals surface area contributed by atoms with Crippen molar-refractivity contribution < 1.29 is 18.0 Å². The van der Waals surface area contributed by atoms with Gasteiger partial charge in [-0.2, -0.15) is 18.3 Å². The number of aryl methyl sites for hydroxylation is 1. The number of H-pyrrole nitrogens is 1. The van der Waals surface area contributed by atoms with Crippen LogP contribution in [0.5, 0.6) is 0 Å². The Bertz CT molecular complexity index is 607. The molecule has 0 unspecified atom stereocenters. The summed E-state index contributed by atoms with van der Waals surface area (Å²) in [5.74, 6) is -0.692. The van der Waals surface area contributed by atoms with E-state index in [1.54, 1.807) is 37.3 Å². The number of carbonyl (C=O) groups is 1. The lowest BCUT2D eigenvalue weighted by Gasteiger charge is -2.24. The minimum absolute atomic E-state index is 0.107. The molecule has 0 radical (unpaired) electrons. The van der Waals surface area contributed by atoms with Gasteiger partial charge in [0.2, 0.25) is 0 Å². The highest BCUT2D eigenvalue weighted by atomic mass is 19.4. The summed E-state index contributed by atoms with van der Waals surface area (Å²) in [7, 11) is 0. The van der Waals surface area contributed by atoms with Crippen molar-refractivity contribution in [1.29, 1.82) is 0 Å². The smallest absolute Gasteiger partial charge is 0.325 e. The van der Waals surface area contributed by atoms with Crippen LogP contribution in [-0.2, 0) is 6.54 Å². The molecule has 0 saturated heterocycles. The Hall–Kier alpha value is -2.31. The summed E-state index contributed by atoms with van der Waals surface area (Å²) in [5.41, 5.74) is 1.23. The predicted octanol–water partition coefficient (Wildman–Crippen LogP) is 2.92. The topological polar surface area (TPSA) is 49.0 Å². The van der Waals surface area contributed by atoms with Gasteiger partial charge in [0.25, 0.3) is 5.91 Å². The van der Waals surface area contributed by atoms with Gasteiger partial charge >= 0.3 is 6.18 Å². The van der Waals surface area contributed by atoms with E-state index in [2.05, 4.69) is 10.2 Å². The van der Waals surface area contributed by atoms with E-state index in [0.29, 0.717) is 11.3 Å². The third-order valence-corrected chi connectivity index (χ3v) is 2.93. The summed E-state index contributed by atoms with van der Waals surface area (Å²) in [6, 6.07) is 8.56. The van der Waals surface area contributed by atoms with E-state index in [1.807, 2.05) is 0 Å². The minimum Gasteiger partial charge on any atom is -0.325 e. The van der Waals surface area contributed by atoms with E-state index in [-0.39, 0.29) is 12.1 Å². The van der Waals surface area contributed by atoms with E-state index in [1.165, 1.54) is 6.20 Å². The van der Waals surface area contributed by atoms with Crippen LogP contribution in [0, 0.1) is 6.92 Å². The fourth-order valence-electron chi connectivity index (χ4n) is 1.96. The molecule has 0 bridgehead atoms. The second-order valence-corrected chi connectivity index (χ2v) is 4.67. The molecule has 0 fully saturated rings. The number of nitrogens with one attached hydrogen (secondary N) is 1. The van der Waals surface area contributed by atoms with Gasteiger partial charge in [-0.15, -0.1) is 0 Å². The molecular weight excluding hydrogens is 283 g/mol. The Morgan fingerprint density at radius 2 is 1.95 bits per heavy atom. The molecule has 0 aliphatic rings. The second kappa shape index (κ2) is 5.99. The molecule has 112 valence electrons. The zero-order valence-corrected chi connectivity index (χ0v) is 11.3. The zero-order valence-electron chi connectivity index (χ0n) is 11.3. The van der Waals surface area contributed by atoms with Crippen LogP contribution in [0.4, 0.5) is 13.2 Å².